The van der Waals surface area contributed by atoms with E-state index in [1.807, 2.05) is 0 Å². The van der Waals surface area contributed by atoms with Gasteiger partial charge in [0, 0.05) is 13.1 Å². The predicted octanol–water partition coefficient (Wildman–Crippen LogP) is 5.06. The highest BCUT2D eigenvalue weighted by molar-refractivity contribution is 6.37. The van der Waals surface area contributed by atoms with Gasteiger partial charge in [0.15, 0.2) is 0 Å². The second kappa shape index (κ2) is 7.37. The van der Waals surface area contributed by atoms with Gasteiger partial charge < -0.3 is 10.6 Å². The van der Waals surface area contributed by atoms with Crippen molar-refractivity contribution in [2.75, 3.05) is 23.7 Å². The number of halogens is 2. The van der Waals surface area contributed by atoms with Crippen LogP contribution in [0.2, 0.25) is 10.0 Å². The van der Waals surface area contributed by atoms with Crippen molar-refractivity contribution in [1.82, 2.24) is 4.98 Å². The molecule has 112 valence electrons. The Morgan fingerprint density at radius 1 is 1.20 bits per heavy atom. The third-order valence-corrected chi connectivity index (χ3v) is 4.41. The number of pyridine rings is 1. The Kier molecular flexibility index (Phi) is 5.79. The molecule has 1 aromatic heterocycles. The maximum Gasteiger partial charge on any atom is 0.147 e. The zero-order chi connectivity index (χ0) is 14.5. The molecule has 0 bridgehead atoms. The molecule has 3 nitrogen and oxygen atoms in total. The highest BCUT2D eigenvalue weighted by atomic mass is 35.5. The maximum atomic E-state index is 6.21. The Morgan fingerprint density at radius 3 is 2.50 bits per heavy atom. The Labute approximate surface area is 131 Å². The average molecular weight is 316 g/mol. The summed E-state index contributed by atoms with van der Waals surface area (Å²) in [5.41, 5.74) is 0. The average Bonchev–Trinajstić information content (AvgIpc) is 2.82. The SMILES string of the molecule is CCCNc1nc(NCC2CCC(C)C2)c(Cl)cc1Cl. The topological polar surface area (TPSA) is 37.0 Å². The Hall–Kier alpha value is -0.670. The second-order valence-corrected chi connectivity index (χ2v) is 6.56. The fraction of sp³-hybridized carbons (Fsp3) is 0.667. The van der Waals surface area contributed by atoms with E-state index in [0.717, 1.165) is 37.2 Å². The lowest BCUT2D eigenvalue weighted by molar-refractivity contribution is 0.536. The number of nitrogens with zero attached hydrogens (tertiary/aromatic N) is 1. The first-order valence-electron chi connectivity index (χ1n) is 7.44. The van der Waals surface area contributed by atoms with E-state index in [1.165, 1.54) is 19.3 Å². The van der Waals surface area contributed by atoms with Crippen LogP contribution < -0.4 is 10.6 Å². The maximum absolute atomic E-state index is 6.21. The first-order chi connectivity index (χ1) is 9.60. The van der Waals surface area contributed by atoms with Crippen LogP contribution in [0.5, 0.6) is 0 Å². The molecule has 1 saturated carbocycles. The number of rotatable bonds is 6. The summed E-state index contributed by atoms with van der Waals surface area (Å²) in [6.07, 6.45) is 4.94. The summed E-state index contributed by atoms with van der Waals surface area (Å²) in [5, 5.41) is 7.76. The van der Waals surface area contributed by atoms with Crippen molar-refractivity contribution >= 4 is 34.8 Å². The Bertz CT molecular complexity index is 451. The van der Waals surface area contributed by atoms with Crippen LogP contribution in [0.25, 0.3) is 0 Å². The van der Waals surface area contributed by atoms with Crippen LogP contribution in [0.3, 0.4) is 0 Å². The molecule has 0 saturated heterocycles. The van der Waals surface area contributed by atoms with Gasteiger partial charge in [0.1, 0.15) is 11.6 Å². The largest absolute Gasteiger partial charge is 0.369 e. The third kappa shape index (κ3) is 4.16. The van der Waals surface area contributed by atoms with E-state index in [0.29, 0.717) is 15.9 Å². The molecule has 0 amide bonds. The molecule has 2 atom stereocenters. The van der Waals surface area contributed by atoms with Crippen molar-refractivity contribution in [3.8, 4) is 0 Å². The van der Waals surface area contributed by atoms with Gasteiger partial charge in [0.05, 0.1) is 10.0 Å². The van der Waals surface area contributed by atoms with Crippen LogP contribution in [0, 0.1) is 11.8 Å². The number of hydrogen-bond acceptors (Lipinski definition) is 3. The molecule has 5 heteroatoms. The Balaban J connectivity index is 1.99. The molecule has 2 rings (SSSR count). The van der Waals surface area contributed by atoms with Crippen LogP contribution >= 0.6 is 23.2 Å². The van der Waals surface area contributed by atoms with Crippen molar-refractivity contribution in [2.24, 2.45) is 11.8 Å². The first kappa shape index (κ1) is 15.7. The van der Waals surface area contributed by atoms with Gasteiger partial charge in [0.2, 0.25) is 0 Å². The van der Waals surface area contributed by atoms with E-state index in [-0.39, 0.29) is 0 Å². The molecule has 0 spiro atoms. The van der Waals surface area contributed by atoms with Crippen LogP contribution in [-0.2, 0) is 0 Å². The third-order valence-electron chi connectivity index (χ3n) is 3.83. The molecule has 1 fully saturated rings. The first-order valence-corrected chi connectivity index (χ1v) is 8.19. The van der Waals surface area contributed by atoms with Crippen molar-refractivity contribution in [2.45, 2.75) is 39.5 Å². The molecule has 1 aliphatic rings. The molecule has 0 radical (unpaired) electrons. The molecular weight excluding hydrogens is 293 g/mol. The summed E-state index contributed by atoms with van der Waals surface area (Å²) < 4.78 is 0. The van der Waals surface area contributed by atoms with Gasteiger partial charge in [0.25, 0.3) is 0 Å². The van der Waals surface area contributed by atoms with E-state index < -0.39 is 0 Å². The lowest BCUT2D eigenvalue weighted by atomic mass is 10.1. The molecule has 1 aromatic rings. The minimum Gasteiger partial charge on any atom is -0.369 e. The normalized spacial score (nSPS) is 22.0. The number of nitrogens with one attached hydrogen (secondary N) is 2. The van der Waals surface area contributed by atoms with Gasteiger partial charge in [-0.1, -0.05) is 43.5 Å². The summed E-state index contributed by atoms with van der Waals surface area (Å²) in [4.78, 5) is 4.50. The fourth-order valence-electron chi connectivity index (χ4n) is 2.71. The number of aromatic nitrogens is 1. The number of anilines is 2. The highest BCUT2D eigenvalue weighted by Gasteiger charge is 2.21. The fourth-order valence-corrected chi connectivity index (χ4v) is 3.20. The smallest absolute Gasteiger partial charge is 0.147 e. The minimum absolute atomic E-state index is 0.573. The predicted molar refractivity (Wildman–Crippen MR) is 88.0 cm³/mol. The lowest BCUT2D eigenvalue weighted by Crippen LogP contribution is -2.13. The molecule has 0 aromatic carbocycles. The van der Waals surface area contributed by atoms with Crippen LogP contribution in [0.4, 0.5) is 11.6 Å². The van der Waals surface area contributed by atoms with Crippen LogP contribution in [0.15, 0.2) is 6.07 Å². The minimum atomic E-state index is 0.573. The summed E-state index contributed by atoms with van der Waals surface area (Å²) in [6, 6.07) is 1.76. The van der Waals surface area contributed by atoms with Crippen molar-refractivity contribution in [1.29, 1.82) is 0 Å². The standard InChI is InChI=1S/C15H23Cl2N3/c1-3-6-18-14-12(16)8-13(17)15(20-14)19-9-11-5-4-10(2)7-11/h8,10-11H,3-7,9H2,1-2H3,(H2,18,19,20). The van der Waals surface area contributed by atoms with Gasteiger partial charge in [-0.3, -0.25) is 0 Å². The van der Waals surface area contributed by atoms with Gasteiger partial charge >= 0.3 is 0 Å². The lowest BCUT2D eigenvalue weighted by Gasteiger charge is -2.15. The van der Waals surface area contributed by atoms with E-state index in [2.05, 4.69) is 29.5 Å². The van der Waals surface area contributed by atoms with E-state index in [9.17, 15) is 0 Å². The Morgan fingerprint density at radius 2 is 1.90 bits per heavy atom. The van der Waals surface area contributed by atoms with Gasteiger partial charge in [-0.25, -0.2) is 4.98 Å². The van der Waals surface area contributed by atoms with E-state index in [1.54, 1.807) is 6.07 Å². The molecule has 1 aliphatic carbocycles. The summed E-state index contributed by atoms with van der Waals surface area (Å²) >= 11 is 12.4. The van der Waals surface area contributed by atoms with Crippen LogP contribution in [-0.4, -0.2) is 18.1 Å². The summed E-state index contributed by atoms with van der Waals surface area (Å²) in [7, 11) is 0. The molecule has 0 aliphatic heterocycles. The molecule has 1 heterocycles. The van der Waals surface area contributed by atoms with Crippen molar-refractivity contribution in [3.63, 3.8) is 0 Å². The van der Waals surface area contributed by atoms with Crippen molar-refractivity contribution < 1.29 is 0 Å². The second-order valence-electron chi connectivity index (χ2n) is 5.74. The van der Waals surface area contributed by atoms with Gasteiger partial charge in [-0.2, -0.15) is 0 Å². The zero-order valence-corrected chi connectivity index (χ0v) is 13.7. The molecule has 2 N–H and O–H groups in total. The quantitative estimate of drug-likeness (QED) is 0.770. The monoisotopic (exact) mass is 315 g/mol. The summed E-state index contributed by atoms with van der Waals surface area (Å²) in [6.45, 7) is 6.22. The number of hydrogen-bond donors (Lipinski definition) is 2. The molecular formula is C15H23Cl2N3. The van der Waals surface area contributed by atoms with Crippen molar-refractivity contribution in [3.05, 3.63) is 16.1 Å². The summed E-state index contributed by atoms with van der Waals surface area (Å²) in [5.74, 6) is 3.01. The molecule has 2 unspecified atom stereocenters. The zero-order valence-electron chi connectivity index (χ0n) is 12.2. The van der Waals surface area contributed by atoms with Gasteiger partial charge in [-0.15, -0.1) is 0 Å². The van der Waals surface area contributed by atoms with Crippen LogP contribution in [0.1, 0.15) is 39.5 Å². The molecule has 20 heavy (non-hydrogen) atoms. The highest BCUT2D eigenvalue weighted by Crippen LogP contribution is 2.32. The van der Waals surface area contributed by atoms with E-state index >= 15 is 0 Å². The van der Waals surface area contributed by atoms with Gasteiger partial charge in [-0.05, 0) is 37.2 Å². The van der Waals surface area contributed by atoms with E-state index in [4.69, 9.17) is 23.2 Å².